The molecule has 2 aromatic heterocycles. The predicted molar refractivity (Wildman–Crippen MR) is 294 cm³/mol. The fourth-order valence-electron chi connectivity index (χ4n) is 10.1. The number of furan rings is 1. The van der Waals surface area contributed by atoms with E-state index in [1.54, 1.807) is 0 Å². The van der Waals surface area contributed by atoms with Gasteiger partial charge in [0.25, 0.3) is 0 Å². The van der Waals surface area contributed by atoms with Crippen molar-refractivity contribution >= 4 is 70.5 Å². The summed E-state index contributed by atoms with van der Waals surface area (Å²) in [5.74, 6) is 0. The van der Waals surface area contributed by atoms with E-state index in [0.29, 0.717) is 0 Å². The molecule has 0 aliphatic heterocycles. The molecule has 0 amide bonds. The van der Waals surface area contributed by atoms with E-state index in [0.717, 1.165) is 66.8 Å². The summed E-state index contributed by atoms with van der Waals surface area (Å²) in [5, 5.41) is 4.85. The normalized spacial score (nSPS) is 11.5. The van der Waals surface area contributed by atoms with Gasteiger partial charge in [0.15, 0.2) is 0 Å². The standard InChI is InChI=1S/C66H43NOS/c1-3-14-46(15-4-1)54-18-7-9-20-57(54)58-21-10-8-19-55(58)48-30-38-53(39-31-48)67(52-36-28-45(29-37-52)50-33-41-65-62(43-50)59-22-11-12-25-64(59)69-65)51-34-26-44(27-35-51)49-32-40-63-61(42-49)60-24-13-23-56(66(60)68-63)47-16-5-2-6-17-47/h1-43H. The van der Waals surface area contributed by atoms with E-state index >= 15 is 0 Å². The summed E-state index contributed by atoms with van der Waals surface area (Å²) in [6.45, 7) is 0. The van der Waals surface area contributed by atoms with Gasteiger partial charge in [-0.2, -0.15) is 0 Å². The number of fused-ring (bicyclic) bond motifs is 6. The van der Waals surface area contributed by atoms with Gasteiger partial charge in [-0.1, -0.05) is 194 Å². The van der Waals surface area contributed by atoms with Crippen molar-refractivity contribution in [2.45, 2.75) is 0 Å². The molecule has 0 aliphatic rings. The Kier molecular flexibility index (Phi) is 10.1. The molecule has 0 spiro atoms. The van der Waals surface area contributed by atoms with Crippen LogP contribution in [0.15, 0.2) is 265 Å². The van der Waals surface area contributed by atoms with Crippen LogP contribution >= 0.6 is 11.3 Å². The third kappa shape index (κ3) is 7.37. The highest BCUT2D eigenvalue weighted by atomic mass is 32.1. The van der Waals surface area contributed by atoms with E-state index in [9.17, 15) is 0 Å². The predicted octanol–water partition coefficient (Wildman–Crippen LogP) is 19.4. The van der Waals surface area contributed by atoms with Crippen molar-refractivity contribution in [1.29, 1.82) is 0 Å². The Labute approximate surface area is 405 Å². The van der Waals surface area contributed by atoms with Crippen molar-refractivity contribution in [1.82, 2.24) is 0 Å². The van der Waals surface area contributed by atoms with Crippen LogP contribution in [0.4, 0.5) is 17.1 Å². The highest BCUT2D eigenvalue weighted by Crippen LogP contribution is 2.43. The smallest absolute Gasteiger partial charge is 0.143 e. The lowest BCUT2D eigenvalue weighted by Gasteiger charge is -2.26. The summed E-state index contributed by atoms with van der Waals surface area (Å²) in [5.41, 5.74) is 19.2. The Morgan fingerprint density at radius 1 is 0.261 bits per heavy atom. The molecule has 2 nitrogen and oxygen atoms in total. The number of thiophene rings is 1. The second-order valence-electron chi connectivity index (χ2n) is 17.6. The summed E-state index contributed by atoms with van der Waals surface area (Å²) in [4.78, 5) is 2.36. The van der Waals surface area contributed by atoms with Gasteiger partial charge in [-0.15, -0.1) is 11.3 Å². The van der Waals surface area contributed by atoms with Gasteiger partial charge < -0.3 is 9.32 Å². The monoisotopic (exact) mass is 897 g/mol. The van der Waals surface area contributed by atoms with Crippen molar-refractivity contribution in [2.75, 3.05) is 4.90 Å². The van der Waals surface area contributed by atoms with Gasteiger partial charge >= 0.3 is 0 Å². The number of rotatable bonds is 9. The highest BCUT2D eigenvalue weighted by Gasteiger charge is 2.18. The molecule has 0 unspecified atom stereocenters. The number of hydrogen-bond donors (Lipinski definition) is 0. The lowest BCUT2D eigenvalue weighted by Crippen LogP contribution is -2.09. The van der Waals surface area contributed by atoms with Crippen LogP contribution in [0.25, 0.3) is 109 Å². The Morgan fingerprint density at radius 2 is 0.681 bits per heavy atom. The second-order valence-corrected chi connectivity index (χ2v) is 18.7. The van der Waals surface area contributed by atoms with E-state index in [1.807, 2.05) is 17.4 Å². The molecule has 0 aliphatic carbocycles. The summed E-state index contributed by atoms with van der Waals surface area (Å²) in [7, 11) is 0. The van der Waals surface area contributed by atoms with Crippen molar-refractivity contribution in [3.05, 3.63) is 261 Å². The van der Waals surface area contributed by atoms with Crippen molar-refractivity contribution in [2.24, 2.45) is 0 Å². The fraction of sp³-hybridized carbons (Fsp3) is 0. The van der Waals surface area contributed by atoms with Crippen molar-refractivity contribution < 1.29 is 4.42 Å². The van der Waals surface area contributed by atoms with Crippen LogP contribution in [0.3, 0.4) is 0 Å². The summed E-state index contributed by atoms with van der Waals surface area (Å²) >= 11 is 1.85. The molecule has 13 rings (SSSR count). The first kappa shape index (κ1) is 40.5. The number of nitrogens with zero attached hydrogens (tertiary/aromatic N) is 1. The molecule has 0 saturated carbocycles. The third-order valence-corrected chi connectivity index (χ3v) is 14.7. The van der Waals surface area contributed by atoms with Gasteiger partial charge in [0.2, 0.25) is 0 Å². The van der Waals surface area contributed by atoms with Crippen LogP contribution < -0.4 is 4.90 Å². The molecule has 3 heteroatoms. The number of anilines is 3. The molecular weight excluding hydrogens is 855 g/mol. The Bertz CT molecular complexity index is 3980. The Morgan fingerprint density at radius 3 is 1.29 bits per heavy atom. The van der Waals surface area contributed by atoms with Gasteiger partial charge in [0, 0.05) is 53.6 Å². The molecule has 13 aromatic rings. The molecule has 0 atom stereocenters. The zero-order chi connectivity index (χ0) is 45.7. The SMILES string of the molecule is c1ccc(-c2ccccc2-c2ccccc2-c2ccc(N(c3ccc(-c4ccc5oc6c(-c7ccccc7)cccc6c5c4)cc3)c3ccc(-c4ccc5sc6ccccc6c5c4)cc3)cc2)cc1. The molecule has 0 bridgehead atoms. The van der Waals surface area contributed by atoms with Crippen molar-refractivity contribution in [3.63, 3.8) is 0 Å². The van der Waals surface area contributed by atoms with E-state index in [1.165, 1.54) is 59.1 Å². The second kappa shape index (κ2) is 17.2. The van der Waals surface area contributed by atoms with E-state index in [2.05, 4.69) is 260 Å². The van der Waals surface area contributed by atoms with Crippen LogP contribution in [0.2, 0.25) is 0 Å². The number of hydrogen-bond acceptors (Lipinski definition) is 3. The van der Waals surface area contributed by atoms with Crippen LogP contribution in [0.5, 0.6) is 0 Å². The van der Waals surface area contributed by atoms with Crippen LogP contribution in [-0.2, 0) is 0 Å². The van der Waals surface area contributed by atoms with Gasteiger partial charge in [0.05, 0.1) is 0 Å². The fourth-order valence-corrected chi connectivity index (χ4v) is 11.2. The number of benzene rings is 11. The van der Waals surface area contributed by atoms with Crippen molar-refractivity contribution in [3.8, 4) is 66.8 Å². The van der Waals surface area contributed by atoms with E-state index in [4.69, 9.17) is 4.42 Å². The maximum Gasteiger partial charge on any atom is 0.143 e. The topological polar surface area (TPSA) is 16.4 Å². The van der Waals surface area contributed by atoms with Crippen LogP contribution in [0, 0.1) is 0 Å². The first-order valence-corrected chi connectivity index (χ1v) is 24.3. The zero-order valence-corrected chi connectivity index (χ0v) is 38.4. The van der Waals surface area contributed by atoms with Gasteiger partial charge in [-0.3, -0.25) is 0 Å². The molecule has 0 saturated heterocycles. The number of para-hydroxylation sites is 1. The van der Waals surface area contributed by atoms with Crippen LogP contribution in [-0.4, -0.2) is 0 Å². The minimum absolute atomic E-state index is 0.887. The summed E-state index contributed by atoms with van der Waals surface area (Å²) in [6, 6.07) is 94.2. The Balaban J connectivity index is 0.876. The quantitative estimate of drug-likeness (QED) is 0.144. The third-order valence-electron chi connectivity index (χ3n) is 13.5. The lowest BCUT2D eigenvalue weighted by molar-refractivity contribution is 0.670. The van der Waals surface area contributed by atoms with E-state index in [-0.39, 0.29) is 0 Å². The first-order valence-electron chi connectivity index (χ1n) is 23.5. The minimum Gasteiger partial charge on any atom is -0.455 e. The first-order chi connectivity index (χ1) is 34.2. The zero-order valence-electron chi connectivity index (χ0n) is 37.6. The molecule has 0 radical (unpaired) electrons. The summed E-state index contributed by atoms with van der Waals surface area (Å²) < 4.78 is 9.16. The molecule has 0 N–H and O–H groups in total. The lowest BCUT2D eigenvalue weighted by atomic mass is 9.89. The largest absolute Gasteiger partial charge is 0.455 e. The van der Waals surface area contributed by atoms with Crippen LogP contribution in [0.1, 0.15) is 0 Å². The highest BCUT2D eigenvalue weighted by molar-refractivity contribution is 7.25. The van der Waals surface area contributed by atoms with E-state index < -0.39 is 0 Å². The van der Waals surface area contributed by atoms with Gasteiger partial charge in [0.1, 0.15) is 11.2 Å². The molecule has 324 valence electrons. The molecule has 69 heavy (non-hydrogen) atoms. The van der Waals surface area contributed by atoms with Gasteiger partial charge in [-0.05, 0) is 128 Å². The molecular formula is C66H43NOS. The molecule has 0 fully saturated rings. The average Bonchev–Trinajstić information content (AvgIpc) is 4.00. The minimum atomic E-state index is 0.887. The molecule has 2 heterocycles. The Hall–Kier alpha value is -8.76. The maximum atomic E-state index is 6.53. The maximum absolute atomic E-state index is 6.53. The molecule has 11 aromatic carbocycles. The summed E-state index contributed by atoms with van der Waals surface area (Å²) in [6.07, 6.45) is 0. The average molecular weight is 898 g/mol. The van der Waals surface area contributed by atoms with Gasteiger partial charge in [-0.25, -0.2) is 0 Å².